The summed E-state index contributed by atoms with van der Waals surface area (Å²) in [5, 5.41) is 7.93. The minimum Gasteiger partial charge on any atom is -0.494 e. The molecule has 0 aliphatic carbocycles. The van der Waals surface area contributed by atoms with Gasteiger partial charge in [0.2, 0.25) is 0 Å². The van der Waals surface area contributed by atoms with Gasteiger partial charge in [-0.25, -0.2) is 9.48 Å². The first-order chi connectivity index (χ1) is 13.8. The molecule has 7 nitrogen and oxygen atoms in total. The van der Waals surface area contributed by atoms with Gasteiger partial charge in [0.15, 0.2) is 0 Å². The molecule has 2 aliphatic rings. The molecule has 1 unspecified atom stereocenters. The Balaban J connectivity index is 1.69. The van der Waals surface area contributed by atoms with Crippen LogP contribution in [0.2, 0.25) is 0 Å². The van der Waals surface area contributed by atoms with Crippen molar-refractivity contribution in [3.63, 3.8) is 0 Å². The number of methoxy groups -OCH3 is 1. The van der Waals surface area contributed by atoms with Crippen LogP contribution in [0, 0.1) is 0 Å². The molecule has 29 heavy (non-hydrogen) atoms. The van der Waals surface area contributed by atoms with E-state index in [-0.39, 0.29) is 17.0 Å². The number of nitrogens with one attached hydrogen (secondary N) is 1. The van der Waals surface area contributed by atoms with Gasteiger partial charge in [0, 0.05) is 24.6 Å². The monoisotopic (exact) mass is 398 g/mol. The summed E-state index contributed by atoms with van der Waals surface area (Å²) in [5.74, 6) is 1.35. The van der Waals surface area contributed by atoms with Crippen LogP contribution in [0.15, 0.2) is 30.3 Å². The predicted octanol–water partition coefficient (Wildman–Crippen LogP) is 3.97. The fourth-order valence-corrected chi connectivity index (χ4v) is 4.26. The van der Waals surface area contributed by atoms with E-state index < -0.39 is 0 Å². The summed E-state index contributed by atoms with van der Waals surface area (Å²) in [6, 6.07) is 9.55. The zero-order chi connectivity index (χ0) is 20.6. The molecule has 0 bridgehead atoms. The van der Waals surface area contributed by atoms with Crippen molar-refractivity contribution in [1.82, 2.24) is 14.7 Å². The summed E-state index contributed by atoms with van der Waals surface area (Å²) in [5.41, 5.74) is 1.38. The Morgan fingerprint density at radius 1 is 1.28 bits per heavy atom. The van der Waals surface area contributed by atoms with Crippen LogP contribution in [0.4, 0.5) is 10.6 Å². The summed E-state index contributed by atoms with van der Waals surface area (Å²) in [6.07, 6.45) is 2.91. The third-order valence-electron chi connectivity index (χ3n) is 5.95. The molecule has 0 radical (unpaired) electrons. The van der Waals surface area contributed by atoms with Crippen molar-refractivity contribution in [2.45, 2.75) is 51.0 Å². The lowest BCUT2D eigenvalue weighted by Gasteiger charge is -2.33. The SMILES string of the molecule is COc1ccccc1-n1nc(C(C)(C)C)cc1NC(=O)N1CCCC12CCOC2. The van der Waals surface area contributed by atoms with Gasteiger partial charge in [-0.1, -0.05) is 32.9 Å². The van der Waals surface area contributed by atoms with E-state index in [9.17, 15) is 4.79 Å². The van der Waals surface area contributed by atoms with Gasteiger partial charge in [0.05, 0.1) is 24.9 Å². The number of hydrogen-bond donors (Lipinski definition) is 1. The Morgan fingerprint density at radius 2 is 2.07 bits per heavy atom. The Bertz CT molecular complexity index is 888. The van der Waals surface area contributed by atoms with Crippen molar-refractivity contribution in [3.05, 3.63) is 36.0 Å². The van der Waals surface area contributed by atoms with Crippen LogP contribution in [0.25, 0.3) is 5.69 Å². The van der Waals surface area contributed by atoms with Gasteiger partial charge in [-0.15, -0.1) is 0 Å². The van der Waals surface area contributed by atoms with Gasteiger partial charge >= 0.3 is 6.03 Å². The highest BCUT2D eigenvalue weighted by atomic mass is 16.5. The second-order valence-corrected chi connectivity index (χ2v) is 8.96. The number of benzene rings is 1. The number of amides is 2. The topological polar surface area (TPSA) is 68.6 Å². The summed E-state index contributed by atoms with van der Waals surface area (Å²) in [7, 11) is 1.64. The first kappa shape index (κ1) is 19.8. The van der Waals surface area contributed by atoms with Crippen molar-refractivity contribution in [1.29, 1.82) is 0 Å². The summed E-state index contributed by atoms with van der Waals surface area (Å²) in [6.45, 7) is 8.43. The Labute approximate surface area is 172 Å². The molecule has 2 aromatic rings. The Hall–Kier alpha value is -2.54. The van der Waals surface area contributed by atoms with E-state index in [4.69, 9.17) is 14.6 Å². The number of urea groups is 1. The standard InChI is InChI=1S/C22H30N4O3/c1-21(2,3)18-14-19(26(24-18)16-8-5-6-9-17(16)28-4)23-20(27)25-12-7-10-22(25)11-13-29-15-22/h5-6,8-9,14H,7,10-13,15H2,1-4H3,(H,23,27). The largest absolute Gasteiger partial charge is 0.494 e. The Morgan fingerprint density at radius 3 is 2.76 bits per heavy atom. The normalized spacial score (nSPS) is 21.7. The van der Waals surface area contributed by atoms with Crippen LogP contribution in [-0.2, 0) is 10.2 Å². The van der Waals surface area contributed by atoms with Crippen molar-refractivity contribution >= 4 is 11.8 Å². The van der Waals surface area contributed by atoms with Crippen LogP contribution < -0.4 is 10.1 Å². The lowest BCUT2D eigenvalue weighted by atomic mass is 9.92. The van der Waals surface area contributed by atoms with E-state index in [2.05, 4.69) is 26.1 Å². The third-order valence-corrected chi connectivity index (χ3v) is 5.95. The van der Waals surface area contributed by atoms with E-state index in [0.717, 1.165) is 43.8 Å². The van der Waals surface area contributed by atoms with Crippen molar-refractivity contribution < 1.29 is 14.3 Å². The zero-order valence-electron chi connectivity index (χ0n) is 17.7. The number of anilines is 1. The van der Waals surface area contributed by atoms with Gasteiger partial charge in [0.25, 0.3) is 0 Å². The molecule has 2 aliphatic heterocycles. The number of rotatable bonds is 3. The predicted molar refractivity (Wildman–Crippen MR) is 112 cm³/mol. The third kappa shape index (κ3) is 3.59. The van der Waals surface area contributed by atoms with E-state index in [1.54, 1.807) is 11.8 Å². The molecule has 2 amide bonds. The molecule has 2 fully saturated rings. The van der Waals surface area contributed by atoms with Crippen molar-refractivity contribution in [2.75, 3.05) is 32.2 Å². The van der Waals surface area contributed by atoms with Gasteiger partial charge in [0.1, 0.15) is 17.3 Å². The molecule has 1 atom stereocenters. The first-order valence-electron chi connectivity index (χ1n) is 10.2. The molecule has 7 heteroatoms. The maximum atomic E-state index is 13.3. The zero-order valence-corrected chi connectivity index (χ0v) is 17.7. The fraction of sp³-hybridized carbons (Fsp3) is 0.545. The van der Waals surface area contributed by atoms with Crippen LogP contribution in [0.1, 0.15) is 45.7 Å². The van der Waals surface area contributed by atoms with Crippen LogP contribution in [-0.4, -0.2) is 53.1 Å². The first-order valence-corrected chi connectivity index (χ1v) is 10.2. The van der Waals surface area contributed by atoms with Gasteiger partial charge in [-0.2, -0.15) is 5.10 Å². The number of likely N-dealkylation sites (tertiary alicyclic amines) is 1. The van der Waals surface area contributed by atoms with Gasteiger partial charge in [-0.05, 0) is 31.4 Å². The average Bonchev–Trinajstić information content (AvgIpc) is 3.42. The second kappa shape index (κ2) is 7.37. The number of carbonyl (C=O) groups is 1. The van der Waals surface area contributed by atoms with Gasteiger partial charge < -0.3 is 14.4 Å². The Kier molecular flexibility index (Phi) is 5.02. The highest BCUT2D eigenvalue weighted by Gasteiger charge is 2.46. The molecule has 1 N–H and O–H groups in total. The van der Waals surface area contributed by atoms with Gasteiger partial charge in [-0.3, -0.25) is 5.32 Å². The van der Waals surface area contributed by atoms with E-state index in [0.29, 0.717) is 18.2 Å². The van der Waals surface area contributed by atoms with Crippen LogP contribution in [0.3, 0.4) is 0 Å². The minimum atomic E-state index is -0.160. The quantitative estimate of drug-likeness (QED) is 0.850. The molecular weight excluding hydrogens is 368 g/mol. The van der Waals surface area contributed by atoms with E-state index >= 15 is 0 Å². The highest BCUT2D eigenvalue weighted by molar-refractivity contribution is 5.90. The highest BCUT2D eigenvalue weighted by Crippen LogP contribution is 2.37. The van der Waals surface area contributed by atoms with Crippen molar-refractivity contribution in [3.8, 4) is 11.4 Å². The van der Waals surface area contributed by atoms with Crippen LogP contribution >= 0.6 is 0 Å². The van der Waals surface area contributed by atoms with E-state index in [1.807, 2.05) is 35.2 Å². The average molecular weight is 399 g/mol. The number of nitrogens with zero attached hydrogens (tertiary/aromatic N) is 3. The molecule has 1 aromatic carbocycles. The molecule has 2 saturated heterocycles. The van der Waals surface area contributed by atoms with E-state index in [1.165, 1.54) is 0 Å². The maximum Gasteiger partial charge on any atom is 0.323 e. The summed E-state index contributed by atoms with van der Waals surface area (Å²) >= 11 is 0. The molecule has 4 rings (SSSR count). The summed E-state index contributed by atoms with van der Waals surface area (Å²) < 4.78 is 12.9. The fourth-order valence-electron chi connectivity index (χ4n) is 4.26. The minimum absolute atomic E-state index is 0.0930. The number of para-hydroxylation sites is 2. The lowest BCUT2D eigenvalue weighted by Crippen LogP contribution is -2.49. The molecule has 1 spiro atoms. The lowest BCUT2D eigenvalue weighted by molar-refractivity contribution is 0.121. The smallest absolute Gasteiger partial charge is 0.323 e. The van der Waals surface area contributed by atoms with Crippen molar-refractivity contribution in [2.24, 2.45) is 0 Å². The molecule has 3 heterocycles. The summed E-state index contributed by atoms with van der Waals surface area (Å²) in [4.78, 5) is 15.2. The second-order valence-electron chi connectivity index (χ2n) is 8.96. The number of aromatic nitrogens is 2. The number of carbonyl (C=O) groups excluding carboxylic acids is 1. The van der Waals surface area contributed by atoms with Crippen LogP contribution in [0.5, 0.6) is 5.75 Å². The molecule has 0 saturated carbocycles. The molecule has 1 aromatic heterocycles. The number of hydrogen-bond acceptors (Lipinski definition) is 4. The number of ether oxygens (including phenoxy) is 2. The molecular formula is C22H30N4O3. The maximum absolute atomic E-state index is 13.3. The molecule has 156 valence electrons.